The minimum absolute atomic E-state index is 0.0747. The van der Waals surface area contributed by atoms with Crippen LogP contribution in [0.2, 0.25) is 0 Å². The third-order valence-corrected chi connectivity index (χ3v) is 3.36. The minimum atomic E-state index is -4.71. The molecule has 132 valence electrons. The molecule has 1 aromatic heterocycles. The van der Waals surface area contributed by atoms with Gasteiger partial charge in [0, 0.05) is 6.07 Å². The Morgan fingerprint density at radius 2 is 2.04 bits per heavy atom. The highest BCUT2D eigenvalue weighted by Gasteiger charge is 2.14. The van der Waals surface area contributed by atoms with Gasteiger partial charge in [0.25, 0.3) is 5.91 Å². The topological polar surface area (TPSA) is 164 Å². The lowest BCUT2D eigenvalue weighted by molar-refractivity contribution is -0.385. The predicted molar refractivity (Wildman–Crippen MR) is 81.0 cm³/mol. The van der Waals surface area contributed by atoms with Crippen molar-refractivity contribution in [1.82, 2.24) is 5.43 Å². The van der Waals surface area contributed by atoms with Gasteiger partial charge in [-0.1, -0.05) is 12.1 Å². The Labute approximate surface area is 140 Å². The number of hydrogen-bond donors (Lipinski definition) is 1. The summed E-state index contributed by atoms with van der Waals surface area (Å²) in [6.45, 7) is -0.541. The first-order valence-corrected chi connectivity index (χ1v) is 7.92. The molecule has 25 heavy (non-hydrogen) atoms. The summed E-state index contributed by atoms with van der Waals surface area (Å²) in [5.74, 6) is -0.880. The van der Waals surface area contributed by atoms with Crippen LogP contribution in [0.3, 0.4) is 0 Å². The molecule has 0 bridgehead atoms. The number of nitrogens with one attached hydrogen (secondary N) is 1. The molecule has 0 radical (unpaired) electrons. The average molecular weight is 368 g/mol. The smallest absolute Gasteiger partial charge is 0.310 e. The van der Waals surface area contributed by atoms with Crippen molar-refractivity contribution in [3.63, 3.8) is 0 Å². The molecule has 1 amide bonds. The van der Waals surface area contributed by atoms with Gasteiger partial charge in [0.15, 0.2) is 22.5 Å². The molecule has 0 fully saturated rings. The lowest BCUT2D eigenvalue weighted by atomic mass is 10.3. The van der Waals surface area contributed by atoms with Crippen molar-refractivity contribution in [3.8, 4) is 5.75 Å². The van der Waals surface area contributed by atoms with Gasteiger partial charge >= 0.3 is 5.69 Å². The number of carbonyl (C=O) groups excluding carboxylic acids is 1. The van der Waals surface area contributed by atoms with Crippen molar-refractivity contribution >= 4 is 27.9 Å². The summed E-state index contributed by atoms with van der Waals surface area (Å²) in [6.07, 6.45) is 0.970. The fourth-order valence-electron chi connectivity index (χ4n) is 1.61. The zero-order valence-electron chi connectivity index (χ0n) is 12.3. The highest BCUT2D eigenvalue weighted by Crippen LogP contribution is 2.25. The zero-order valence-corrected chi connectivity index (χ0v) is 13.1. The maximum atomic E-state index is 11.6. The van der Waals surface area contributed by atoms with E-state index in [1.807, 2.05) is 5.43 Å². The van der Waals surface area contributed by atoms with E-state index >= 15 is 0 Å². The highest BCUT2D eigenvalue weighted by atomic mass is 32.2. The van der Waals surface area contributed by atoms with Gasteiger partial charge in [-0.3, -0.25) is 14.9 Å². The van der Waals surface area contributed by atoms with Crippen LogP contribution >= 0.6 is 0 Å². The van der Waals surface area contributed by atoms with Crippen LogP contribution in [-0.2, 0) is 14.9 Å². The van der Waals surface area contributed by atoms with Crippen molar-refractivity contribution in [2.24, 2.45) is 5.10 Å². The quantitative estimate of drug-likeness (QED) is 0.321. The van der Waals surface area contributed by atoms with E-state index in [4.69, 9.17) is 9.15 Å². The van der Waals surface area contributed by atoms with Crippen LogP contribution in [0.1, 0.15) is 5.76 Å². The normalized spacial score (nSPS) is 11.4. The maximum Gasteiger partial charge on any atom is 0.310 e. The molecule has 0 atom stereocenters. The molecular weight excluding hydrogens is 358 g/mol. The molecule has 0 saturated heterocycles. The molecule has 0 saturated carbocycles. The summed E-state index contributed by atoms with van der Waals surface area (Å²) in [5.41, 5.74) is 1.76. The number of rotatable bonds is 7. The van der Waals surface area contributed by atoms with Gasteiger partial charge in [-0.25, -0.2) is 13.8 Å². The van der Waals surface area contributed by atoms with Gasteiger partial charge in [-0.15, -0.1) is 0 Å². The van der Waals surface area contributed by atoms with E-state index in [-0.39, 0.29) is 17.2 Å². The Morgan fingerprint density at radius 3 is 2.68 bits per heavy atom. The number of furan rings is 1. The van der Waals surface area contributed by atoms with E-state index in [0.29, 0.717) is 0 Å². The molecule has 1 N–H and O–H groups in total. The van der Waals surface area contributed by atoms with Crippen LogP contribution in [0.25, 0.3) is 0 Å². The van der Waals surface area contributed by atoms with Gasteiger partial charge in [-0.05, 0) is 18.2 Å². The third kappa shape index (κ3) is 5.12. The number of benzene rings is 1. The molecule has 0 aliphatic carbocycles. The first-order valence-electron chi connectivity index (χ1n) is 6.51. The number of nitro groups is 1. The van der Waals surface area contributed by atoms with Crippen molar-refractivity contribution < 1.29 is 31.8 Å². The van der Waals surface area contributed by atoms with Gasteiger partial charge in [-0.2, -0.15) is 5.10 Å². The van der Waals surface area contributed by atoms with Crippen LogP contribution in [0, 0.1) is 10.1 Å². The van der Waals surface area contributed by atoms with E-state index in [0.717, 1.165) is 12.3 Å². The van der Waals surface area contributed by atoms with E-state index in [2.05, 4.69) is 5.10 Å². The first kappa shape index (κ1) is 18.1. The largest absolute Gasteiger partial charge is 0.742 e. The summed E-state index contributed by atoms with van der Waals surface area (Å²) in [7, 11) is -4.71. The SMILES string of the molecule is O=C(COc1ccccc1[N+](=O)[O-])N/N=C\c1ccc(S(=O)(=O)[O-])o1. The Kier molecular flexibility index (Phi) is 5.46. The summed E-state index contributed by atoms with van der Waals surface area (Å²) in [5, 5.41) is 13.5. The molecule has 2 aromatic rings. The molecule has 12 heteroatoms. The molecule has 1 heterocycles. The zero-order chi connectivity index (χ0) is 18.4. The van der Waals surface area contributed by atoms with E-state index in [1.54, 1.807) is 0 Å². The summed E-state index contributed by atoms with van der Waals surface area (Å²) in [4.78, 5) is 21.7. The lowest BCUT2D eigenvalue weighted by Gasteiger charge is -2.05. The Hall–Kier alpha value is -3.25. The molecule has 0 aliphatic heterocycles. The second kappa shape index (κ2) is 7.55. The monoisotopic (exact) mass is 368 g/mol. The van der Waals surface area contributed by atoms with Gasteiger partial charge in [0.1, 0.15) is 5.76 Å². The van der Waals surface area contributed by atoms with E-state index in [9.17, 15) is 27.9 Å². The molecule has 2 rings (SSSR count). The molecule has 0 aliphatic rings. The second-order valence-electron chi connectivity index (χ2n) is 4.42. The average Bonchev–Trinajstić information content (AvgIpc) is 3.02. The van der Waals surface area contributed by atoms with Gasteiger partial charge in [0.05, 0.1) is 11.1 Å². The van der Waals surface area contributed by atoms with Crippen LogP contribution < -0.4 is 10.2 Å². The molecular formula is C13H10N3O8S-. The number of amides is 1. The number of nitro benzene ring substituents is 1. The molecule has 11 nitrogen and oxygen atoms in total. The van der Waals surface area contributed by atoms with Gasteiger partial charge < -0.3 is 13.7 Å². The third-order valence-electron chi connectivity index (χ3n) is 2.65. The fraction of sp³-hybridized carbons (Fsp3) is 0.0769. The maximum absolute atomic E-state index is 11.6. The molecule has 0 unspecified atom stereocenters. The Balaban J connectivity index is 1.89. The second-order valence-corrected chi connectivity index (χ2v) is 5.73. The lowest BCUT2D eigenvalue weighted by Crippen LogP contribution is -2.24. The number of hydrogen-bond acceptors (Lipinski definition) is 9. The van der Waals surface area contributed by atoms with Crippen molar-refractivity contribution in [1.29, 1.82) is 0 Å². The van der Waals surface area contributed by atoms with Crippen LogP contribution in [0.4, 0.5) is 5.69 Å². The fourth-order valence-corrected chi connectivity index (χ4v) is 2.04. The van der Waals surface area contributed by atoms with Crippen LogP contribution in [0.15, 0.2) is 51.0 Å². The summed E-state index contributed by atoms with van der Waals surface area (Å²) in [6, 6.07) is 7.64. The number of hydrazone groups is 1. The first-order chi connectivity index (χ1) is 11.8. The van der Waals surface area contributed by atoms with E-state index < -0.39 is 32.6 Å². The standard InChI is InChI=1S/C13H11N3O8S/c17-12(8-23-11-4-2-1-3-10(11)16(18)19)15-14-7-9-5-6-13(24-9)25(20,21)22/h1-7H,8H2,(H,15,17)(H,20,21,22)/p-1/b14-7-. The number of para-hydroxylation sites is 2. The summed E-state index contributed by atoms with van der Waals surface area (Å²) >= 11 is 0. The predicted octanol–water partition coefficient (Wildman–Crippen LogP) is 0.621. The molecule has 0 spiro atoms. The Bertz CT molecular complexity index is 919. The van der Waals surface area contributed by atoms with E-state index in [1.165, 1.54) is 30.3 Å². The minimum Gasteiger partial charge on any atom is -0.742 e. The van der Waals surface area contributed by atoms with Crippen molar-refractivity contribution in [2.75, 3.05) is 6.61 Å². The number of carbonyl (C=O) groups is 1. The highest BCUT2D eigenvalue weighted by molar-refractivity contribution is 7.85. The number of nitrogens with zero attached hydrogens (tertiary/aromatic N) is 2. The Morgan fingerprint density at radius 1 is 1.32 bits per heavy atom. The van der Waals surface area contributed by atoms with Crippen molar-refractivity contribution in [2.45, 2.75) is 5.09 Å². The summed E-state index contributed by atoms with van der Waals surface area (Å²) < 4.78 is 41.8. The van der Waals surface area contributed by atoms with Crippen LogP contribution in [-0.4, -0.2) is 36.6 Å². The van der Waals surface area contributed by atoms with Crippen LogP contribution in [0.5, 0.6) is 5.75 Å². The molecule has 1 aromatic carbocycles. The van der Waals surface area contributed by atoms with Crippen molar-refractivity contribution in [3.05, 3.63) is 52.3 Å². The number of ether oxygens (including phenoxy) is 1. The van der Waals surface area contributed by atoms with Gasteiger partial charge in [0.2, 0.25) is 5.09 Å².